The molecule has 6 nitrogen and oxygen atoms in total. The molecule has 0 radical (unpaired) electrons. The van der Waals surface area contributed by atoms with E-state index in [0.29, 0.717) is 25.6 Å². The van der Waals surface area contributed by atoms with Gasteiger partial charge in [-0.05, 0) is 65.5 Å². The Morgan fingerprint density at radius 3 is 2.00 bits per heavy atom. The molecule has 1 rings (SSSR count). The van der Waals surface area contributed by atoms with Crippen molar-refractivity contribution in [3.8, 4) is 0 Å². The third-order valence-corrected chi connectivity index (χ3v) is 5.37. The van der Waals surface area contributed by atoms with E-state index in [0.717, 1.165) is 38.8 Å². The summed E-state index contributed by atoms with van der Waals surface area (Å²) in [6.07, 6.45) is 3.56. The zero-order chi connectivity index (χ0) is 19.1. The minimum absolute atomic E-state index is 0. The first-order valence-electron chi connectivity index (χ1n) is 9.67. The van der Waals surface area contributed by atoms with Gasteiger partial charge in [0.2, 0.25) is 11.8 Å². The second-order valence-corrected chi connectivity index (χ2v) is 8.42. The van der Waals surface area contributed by atoms with Gasteiger partial charge >= 0.3 is 0 Å². The molecule has 0 aromatic heterocycles. The number of rotatable bonds is 8. The molecule has 0 unspecified atom stereocenters. The predicted octanol–water partition coefficient (Wildman–Crippen LogP) is 2.34. The molecule has 0 atom stereocenters. The van der Waals surface area contributed by atoms with Crippen LogP contribution in [0.3, 0.4) is 0 Å². The number of hydrogen-bond acceptors (Lipinski definition) is 4. The van der Waals surface area contributed by atoms with Gasteiger partial charge in [0.25, 0.3) is 0 Å². The fraction of sp³-hybridized carbons (Fsp3) is 0.895. The number of nitrogens with one attached hydrogen (secondary N) is 2. The van der Waals surface area contributed by atoms with E-state index in [2.05, 4.69) is 15.5 Å². The van der Waals surface area contributed by atoms with Gasteiger partial charge < -0.3 is 16.4 Å². The van der Waals surface area contributed by atoms with Gasteiger partial charge in [0.1, 0.15) is 0 Å². The number of amides is 2. The fourth-order valence-electron chi connectivity index (χ4n) is 3.39. The fourth-order valence-corrected chi connectivity index (χ4v) is 3.39. The first-order chi connectivity index (χ1) is 11.7. The van der Waals surface area contributed by atoms with Crippen LogP contribution in [0.25, 0.3) is 0 Å². The lowest BCUT2D eigenvalue weighted by molar-refractivity contribution is -0.131. The van der Waals surface area contributed by atoms with E-state index in [-0.39, 0.29) is 42.2 Å². The van der Waals surface area contributed by atoms with Crippen LogP contribution in [0.2, 0.25) is 0 Å². The van der Waals surface area contributed by atoms with Crippen molar-refractivity contribution in [3.05, 3.63) is 0 Å². The van der Waals surface area contributed by atoms with Crippen molar-refractivity contribution in [1.29, 1.82) is 0 Å². The molecule has 1 fully saturated rings. The zero-order valence-corrected chi connectivity index (χ0v) is 19.2. The molecule has 8 heteroatoms. The summed E-state index contributed by atoms with van der Waals surface area (Å²) in [4.78, 5) is 26.7. The Morgan fingerprint density at radius 2 is 1.59 bits per heavy atom. The van der Waals surface area contributed by atoms with E-state index in [1.807, 2.05) is 34.6 Å². The molecule has 162 valence electrons. The minimum Gasteiger partial charge on any atom is -0.355 e. The predicted molar refractivity (Wildman–Crippen MR) is 117 cm³/mol. The number of nitrogens with two attached hydrogens (primary N) is 1. The highest BCUT2D eigenvalue weighted by atomic mass is 35.5. The summed E-state index contributed by atoms with van der Waals surface area (Å²) in [6, 6.07) is 0. The molecule has 0 spiro atoms. The van der Waals surface area contributed by atoms with Crippen LogP contribution in [0.15, 0.2) is 0 Å². The largest absolute Gasteiger partial charge is 0.355 e. The van der Waals surface area contributed by atoms with Crippen molar-refractivity contribution in [2.75, 3.05) is 32.7 Å². The van der Waals surface area contributed by atoms with Crippen molar-refractivity contribution in [1.82, 2.24) is 15.5 Å². The van der Waals surface area contributed by atoms with E-state index in [1.54, 1.807) is 0 Å². The summed E-state index contributed by atoms with van der Waals surface area (Å²) < 4.78 is 0. The first-order valence-corrected chi connectivity index (χ1v) is 9.67. The maximum absolute atomic E-state index is 12.5. The molecule has 0 saturated carbocycles. The van der Waals surface area contributed by atoms with Crippen LogP contribution in [0, 0.1) is 11.3 Å². The summed E-state index contributed by atoms with van der Waals surface area (Å²) in [7, 11) is 0. The SMILES string of the molecule is CCC(CC)(CN)C(=O)NCC1CCN(CC(=O)NC(C)(C)C)CC1.Cl.Cl. The van der Waals surface area contributed by atoms with E-state index in [4.69, 9.17) is 5.73 Å². The number of piperidine rings is 1. The summed E-state index contributed by atoms with van der Waals surface area (Å²) in [5.74, 6) is 0.653. The summed E-state index contributed by atoms with van der Waals surface area (Å²) in [5.41, 5.74) is 5.23. The monoisotopic (exact) mass is 426 g/mol. The average Bonchev–Trinajstić information content (AvgIpc) is 2.54. The van der Waals surface area contributed by atoms with Gasteiger partial charge in [0.05, 0.1) is 12.0 Å². The second-order valence-electron chi connectivity index (χ2n) is 8.42. The Balaban J connectivity index is 0. The minimum atomic E-state index is -0.425. The maximum atomic E-state index is 12.5. The molecule has 0 aromatic rings. The highest BCUT2D eigenvalue weighted by Crippen LogP contribution is 2.25. The number of carbonyl (C=O) groups excluding carboxylic acids is 2. The summed E-state index contributed by atoms with van der Waals surface area (Å²) in [5, 5.41) is 6.12. The molecule has 1 heterocycles. The quantitative estimate of drug-likeness (QED) is 0.555. The number of likely N-dealkylation sites (tertiary alicyclic amines) is 1. The van der Waals surface area contributed by atoms with Crippen molar-refractivity contribution in [2.45, 2.75) is 65.8 Å². The Morgan fingerprint density at radius 1 is 1.07 bits per heavy atom. The molecule has 1 aliphatic heterocycles. The lowest BCUT2D eigenvalue weighted by atomic mass is 9.81. The molecule has 0 bridgehead atoms. The molecule has 4 N–H and O–H groups in total. The van der Waals surface area contributed by atoms with Crippen LogP contribution in [-0.2, 0) is 9.59 Å². The van der Waals surface area contributed by atoms with Gasteiger partial charge in [0.15, 0.2) is 0 Å². The van der Waals surface area contributed by atoms with Crippen LogP contribution < -0.4 is 16.4 Å². The maximum Gasteiger partial charge on any atom is 0.234 e. The van der Waals surface area contributed by atoms with Crippen molar-refractivity contribution in [3.63, 3.8) is 0 Å². The summed E-state index contributed by atoms with van der Waals surface area (Å²) >= 11 is 0. The van der Waals surface area contributed by atoms with E-state index in [9.17, 15) is 9.59 Å². The van der Waals surface area contributed by atoms with E-state index >= 15 is 0 Å². The second kappa shape index (κ2) is 12.8. The van der Waals surface area contributed by atoms with Crippen molar-refractivity contribution >= 4 is 36.6 Å². The van der Waals surface area contributed by atoms with Gasteiger partial charge in [-0.25, -0.2) is 0 Å². The molecule has 0 aromatic carbocycles. The molecule has 0 aliphatic carbocycles. The van der Waals surface area contributed by atoms with Gasteiger partial charge in [-0.1, -0.05) is 13.8 Å². The molecular weight excluding hydrogens is 387 g/mol. The Hall–Kier alpha value is -0.560. The lowest BCUT2D eigenvalue weighted by Gasteiger charge is -2.34. The molecule has 27 heavy (non-hydrogen) atoms. The van der Waals surface area contributed by atoms with Crippen LogP contribution >= 0.6 is 24.8 Å². The van der Waals surface area contributed by atoms with Gasteiger partial charge in [0, 0.05) is 18.6 Å². The van der Waals surface area contributed by atoms with E-state index in [1.165, 1.54) is 0 Å². The Bertz CT molecular complexity index is 435. The van der Waals surface area contributed by atoms with Crippen molar-refractivity contribution in [2.24, 2.45) is 17.1 Å². The van der Waals surface area contributed by atoms with E-state index < -0.39 is 5.41 Å². The highest BCUT2D eigenvalue weighted by molar-refractivity contribution is 5.85. The molecule has 2 amide bonds. The van der Waals surface area contributed by atoms with Crippen LogP contribution in [0.1, 0.15) is 60.3 Å². The zero-order valence-electron chi connectivity index (χ0n) is 17.6. The van der Waals surface area contributed by atoms with Gasteiger partial charge in [-0.2, -0.15) is 0 Å². The number of hydrogen-bond donors (Lipinski definition) is 3. The highest BCUT2D eigenvalue weighted by Gasteiger charge is 2.33. The Kier molecular flexibility index (Phi) is 13.6. The van der Waals surface area contributed by atoms with Gasteiger partial charge in [-0.3, -0.25) is 14.5 Å². The lowest BCUT2D eigenvalue weighted by Crippen LogP contribution is -2.49. The standard InChI is InChI=1S/C19H38N4O2.2ClH/c1-6-19(7-2,14-20)17(25)21-12-15-8-10-23(11-9-15)13-16(24)22-18(3,4)5;;/h15H,6-14,20H2,1-5H3,(H,21,25)(H,22,24);2*1H. The average molecular weight is 427 g/mol. The van der Waals surface area contributed by atoms with Gasteiger partial charge in [-0.15, -0.1) is 24.8 Å². The summed E-state index contributed by atoms with van der Waals surface area (Å²) in [6.45, 7) is 13.4. The first kappa shape index (κ1) is 28.6. The van der Waals surface area contributed by atoms with Crippen LogP contribution in [0.5, 0.6) is 0 Å². The molecular formula is C19H40Cl2N4O2. The Labute approximate surface area is 177 Å². The van der Waals surface area contributed by atoms with Crippen LogP contribution in [0.4, 0.5) is 0 Å². The number of carbonyl (C=O) groups is 2. The molecule has 1 saturated heterocycles. The topological polar surface area (TPSA) is 87.5 Å². The number of halogens is 2. The molecule has 1 aliphatic rings. The van der Waals surface area contributed by atoms with Crippen LogP contribution in [-0.4, -0.2) is 55.0 Å². The third-order valence-electron chi connectivity index (χ3n) is 5.37. The normalized spacial score (nSPS) is 16.1. The van der Waals surface area contributed by atoms with Crippen molar-refractivity contribution < 1.29 is 9.59 Å². The third kappa shape index (κ3) is 9.46. The smallest absolute Gasteiger partial charge is 0.234 e. The number of nitrogens with zero attached hydrogens (tertiary/aromatic N) is 1.